The molecule has 1 aromatic rings. The van der Waals surface area contributed by atoms with Crippen molar-refractivity contribution in [2.45, 2.75) is 23.8 Å². The highest BCUT2D eigenvalue weighted by Crippen LogP contribution is 2.20. The van der Waals surface area contributed by atoms with Crippen LogP contribution in [0.15, 0.2) is 23.1 Å². The second-order valence-corrected chi connectivity index (χ2v) is 8.91. The van der Waals surface area contributed by atoms with Crippen molar-refractivity contribution in [3.05, 3.63) is 29.6 Å². The number of carbonyl (C=O) groups is 1. The maximum absolute atomic E-state index is 13.4. The molecule has 9 heteroatoms. The zero-order chi connectivity index (χ0) is 15.6. The van der Waals surface area contributed by atoms with Crippen molar-refractivity contribution < 1.29 is 21.8 Å². The van der Waals surface area contributed by atoms with Gasteiger partial charge in [-0.25, -0.2) is 12.8 Å². The SMILES string of the molecule is O=C(NC1CCS(=O)CC1)c1ccc(F)c(S(=O)(=O)Cl)c1. The molecule has 1 saturated heterocycles. The van der Waals surface area contributed by atoms with E-state index in [0.717, 1.165) is 12.1 Å². The number of benzene rings is 1. The first-order chi connectivity index (χ1) is 9.77. The van der Waals surface area contributed by atoms with Crippen LogP contribution in [0.2, 0.25) is 0 Å². The van der Waals surface area contributed by atoms with Gasteiger partial charge in [0, 0.05) is 44.6 Å². The van der Waals surface area contributed by atoms with Crippen LogP contribution in [0.5, 0.6) is 0 Å². The van der Waals surface area contributed by atoms with Gasteiger partial charge in [0.25, 0.3) is 15.0 Å². The van der Waals surface area contributed by atoms with Gasteiger partial charge >= 0.3 is 0 Å². The summed E-state index contributed by atoms with van der Waals surface area (Å²) in [6, 6.07) is 2.88. The minimum Gasteiger partial charge on any atom is -0.349 e. The lowest BCUT2D eigenvalue weighted by Gasteiger charge is -2.22. The number of hydrogen-bond acceptors (Lipinski definition) is 4. The molecule has 1 heterocycles. The number of nitrogens with one attached hydrogen (secondary N) is 1. The molecule has 0 spiro atoms. The van der Waals surface area contributed by atoms with E-state index < -0.39 is 36.5 Å². The van der Waals surface area contributed by atoms with Gasteiger partial charge in [0.1, 0.15) is 10.7 Å². The molecule has 1 aliphatic rings. The number of halogens is 2. The summed E-state index contributed by atoms with van der Waals surface area (Å²) in [5.74, 6) is -0.463. The lowest BCUT2D eigenvalue weighted by Crippen LogP contribution is -2.39. The van der Waals surface area contributed by atoms with E-state index in [0.29, 0.717) is 24.3 Å². The quantitative estimate of drug-likeness (QED) is 0.833. The monoisotopic (exact) mass is 353 g/mol. The number of rotatable bonds is 3. The Labute approximate surface area is 128 Å². The molecule has 1 aliphatic heterocycles. The van der Waals surface area contributed by atoms with Gasteiger partial charge in [-0.2, -0.15) is 0 Å². The minimum absolute atomic E-state index is 0.0160. The molecule has 116 valence electrons. The van der Waals surface area contributed by atoms with Gasteiger partial charge < -0.3 is 5.32 Å². The van der Waals surface area contributed by atoms with E-state index in [1.54, 1.807) is 0 Å². The molecular weight excluding hydrogens is 341 g/mol. The molecule has 1 fully saturated rings. The maximum atomic E-state index is 13.4. The molecule has 0 bridgehead atoms. The lowest BCUT2D eigenvalue weighted by molar-refractivity contribution is 0.0934. The summed E-state index contributed by atoms with van der Waals surface area (Å²) < 4.78 is 47.1. The van der Waals surface area contributed by atoms with Crippen LogP contribution in [0.3, 0.4) is 0 Å². The first kappa shape index (κ1) is 16.4. The second-order valence-electron chi connectivity index (χ2n) is 4.68. The van der Waals surface area contributed by atoms with E-state index in [2.05, 4.69) is 5.32 Å². The fourth-order valence-corrected chi connectivity index (χ4v) is 4.26. The van der Waals surface area contributed by atoms with Crippen LogP contribution in [0, 0.1) is 5.82 Å². The molecule has 0 saturated carbocycles. The molecule has 5 nitrogen and oxygen atoms in total. The molecule has 0 aliphatic carbocycles. The van der Waals surface area contributed by atoms with Crippen molar-refractivity contribution >= 4 is 36.4 Å². The lowest BCUT2D eigenvalue weighted by atomic mass is 10.1. The normalized spacial score (nSPS) is 22.8. The zero-order valence-corrected chi connectivity index (χ0v) is 13.2. The van der Waals surface area contributed by atoms with E-state index in [1.807, 2.05) is 0 Å². The Morgan fingerprint density at radius 3 is 2.52 bits per heavy atom. The van der Waals surface area contributed by atoms with Gasteiger partial charge in [-0.3, -0.25) is 9.00 Å². The van der Waals surface area contributed by atoms with Crippen molar-refractivity contribution in [3.8, 4) is 0 Å². The Hall–Kier alpha value is -0.990. The summed E-state index contributed by atoms with van der Waals surface area (Å²) in [5, 5.41) is 2.72. The van der Waals surface area contributed by atoms with E-state index in [9.17, 15) is 21.8 Å². The van der Waals surface area contributed by atoms with Crippen molar-refractivity contribution in [2.24, 2.45) is 0 Å². The smallest absolute Gasteiger partial charge is 0.264 e. The standard InChI is InChI=1S/C12H13ClFNO4S2/c13-21(18,19)11-7-8(1-2-10(11)14)12(16)15-9-3-5-20(17)6-4-9/h1-2,7,9H,3-6H2,(H,15,16). The van der Waals surface area contributed by atoms with Crippen molar-refractivity contribution in [1.29, 1.82) is 0 Å². The Balaban J connectivity index is 2.15. The van der Waals surface area contributed by atoms with Crippen molar-refractivity contribution in [2.75, 3.05) is 11.5 Å². The molecular formula is C12H13ClFNO4S2. The van der Waals surface area contributed by atoms with Crippen LogP contribution < -0.4 is 5.32 Å². The molecule has 0 unspecified atom stereocenters. The Morgan fingerprint density at radius 1 is 1.33 bits per heavy atom. The molecule has 0 radical (unpaired) electrons. The average Bonchev–Trinajstić information content (AvgIpc) is 2.40. The van der Waals surface area contributed by atoms with Gasteiger partial charge in [0.05, 0.1) is 0 Å². The fraction of sp³-hybridized carbons (Fsp3) is 0.417. The summed E-state index contributed by atoms with van der Waals surface area (Å²) >= 11 is 0. The van der Waals surface area contributed by atoms with E-state index >= 15 is 0 Å². The van der Waals surface area contributed by atoms with Crippen LogP contribution in [0.4, 0.5) is 4.39 Å². The van der Waals surface area contributed by atoms with Crippen LogP contribution in [0.25, 0.3) is 0 Å². The summed E-state index contributed by atoms with van der Waals surface area (Å²) in [7, 11) is 0.0258. The van der Waals surface area contributed by atoms with E-state index in [4.69, 9.17) is 10.7 Å². The van der Waals surface area contributed by atoms with Gasteiger partial charge in [-0.15, -0.1) is 0 Å². The molecule has 0 aromatic heterocycles. The molecule has 1 N–H and O–H groups in total. The highest BCUT2D eigenvalue weighted by molar-refractivity contribution is 8.13. The predicted molar refractivity (Wildman–Crippen MR) is 77.8 cm³/mol. The third-order valence-electron chi connectivity index (χ3n) is 3.18. The van der Waals surface area contributed by atoms with Gasteiger partial charge in [-0.1, -0.05) is 0 Å². The van der Waals surface area contributed by atoms with Crippen LogP contribution in [-0.2, 0) is 19.9 Å². The number of carbonyl (C=O) groups excluding carboxylic acids is 1. The first-order valence-electron chi connectivity index (χ1n) is 6.17. The van der Waals surface area contributed by atoms with Crippen molar-refractivity contribution in [1.82, 2.24) is 5.32 Å². The van der Waals surface area contributed by atoms with Crippen LogP contribution in [-0.4, -0.2) is 36.1 Å². The third-order valence-corrected chi connectivity index (χ3v) is 5.90. The Kier molecular flexibility index (Phi) is 5.00. The molecule has 0 atom stereocenters. The van der Waals surface area contributed by atoms with Gasteiger partial charge in [0.2, 0.25) is 0 Å². The highest BCUT2D eigenvalue weighted by Gasteiger charge is 2.22. The van der Waals surface area contributed by atoms with E-state index in [1.165, 1.54) is 6.07 Å². The summed E-state index contributed by atoms with van der Waals surface area (Å²) in [4.78, 5) is 11.3. The summed E-state index contributed by atoms with van der Waals surface area (Å²) in [6.07, 6.45) is 1.19. The average molecular weight is 354 g/mol. The summed E-state index contributed by atoms with van der Waals surface area (Å²) in [5.41, 5.74) is 0.0160. The van der Waals surface area contributed by atoms with Crippen molar-refractivity contribution in [3.63, 3.8) is 0 Å². The molecule has 21 heavy (non-hydrogen) atoms. The Bertz CT molecular complexity index is 682. The van der Waals surface area contributed by atoms with Crippen LogP contribution in [0.1, 0.15) is 23.2 Å². The first-order valence-corrected chi connectivity index (χ1v) is 9.97. The largest absolute Gasteiger partial charge is 0.349 e. The molecule has 1 amide bonds. The van der Waals surface area contributed by atoms with Gasteiger partial charge in [0.15, 0.2) is 0 Å². The molecule has 1 aromatic carbocycles. The maximum Gasteiger partial charge on any atom is 0.264 e. The fourth-order valence-electron chi connectivity index (χ4n) is 2.04. The topological polar surface area (TPSA) is 80.3 Å². The highest BCUT2D eigenvalue weighted by atomic mass is 35.7. The summed E-state index contributed by atoms with van der Waals surface area (Å²) in [6.45, 7) is 0. The second kappa shape index (κ2) is 6.41. The minimum atomic E-state index is -4.25. The predicted octanol–water partition coefficient (Wildman–Crippen LogP) is 1.39. The molecule has 2 rings (SSSR count). The van der Waals surface area contributed by atoms with Gasteiger partial charge in [-0.05, 0) is 31.0 Å². The van der Waals surface area contributed by atoms with E-state index in [-0.39, 0.29) is 11.6 Å². The number of amides is 1. The number of hydrogen-bond donors (Lipinski definition) is 1. The zero-order valence-electron chi connectivity index (χ0n) is 10.8. The Morgan fingerprint density at radius 2 is 1.95 bits per heavy atom. The van der Waals surface area contributed by atoms with Crippen LogP contribution >= 0.6 is 10.7 Å². The third kappa shape index (κ3) is 4.24.